The highest BCUT2D eigenvalue weighted by Gasteiger charge is 2.29. The molecule has 2 rings (SSSR count). The lowest BCUT2D eigenvalue weighted by Crippen LogP contribution is -2.10. The zero-order valence-electron chi connectivity index (χ0n) is 9.80. The van der Waals surface area contributed by atoms with E-state index in [9.17, 15) is 13.2 Å². The van der Waals surface area contributed by atoms with Gasteiger partial charge in [0.15, 0.2) is 15.6 Å². The van der Waals surface area contributed by atoms with Gasteiger partial charge in [0, 0.05) is 19.2 Å². The summed E-state index contributed by atoms with van der Waals surface area (Å²) in [5, 5.41) is 4.04. The summed E-state index contributed by atoms with van der Waals surface area (Å²) in [7, 11) is -2.90. The molecule has 1 fully saturated rings. The first kappa shape index (κ1) is 12.3. The van der Waals surface area contributed by atoms with E-state index in [1.54, 1.807) is 17.1 Å². The Kier molecular flexibility index (Phi) is 3.33. The van der Waals surface area contributed by atoms with Gasteiger partial charge in [0.05, 0.1) is 23.3 Å². The number of carbonyl (C=O) groups is 1. The quantitative estimate of drug-likeness (QED) is 0.751. The summed E-state index contributed by atoms with van der Waals surface area (Å²) in [6, 6.07) is 0. The minimum Gasteiger partial charge on any atom is -0.294 e. The Morgan fingerprint density at radius 1 is 1.59 bits per heavy atom. The lowest BCUT2D eigenvalue weighted by Gasteiger charge is -2.04. The maximum absolute atomic E-state index is 11.9. The van der Waals surface area contributed by atoms with Crippen LogP contribution in [0.5, 0.6) is 0 Å². The molecule has 1 atom stereocenters. The van der Waals surface area contributed by atoms with Crippen molar-refractivity contribution in [2.75, 3.05) is 11.5 Å². The van der Waals surface area contributed by atoms with E-state index in [1.165, 1.54) is 0 Å². The van der Waals surface area contributed by atoms with Crippen molar-refractivity contribution >= 4 is 15.6 Å². The number of aryl methyl sites for hydroxylation is 1. The highest BCUT2D eigenvalue weighted by molar-refractivity contribution is 7.91. The summed E-state index contributed by atoms with van der Waals surface area (Å²) in [6.07, 6.45) is 4.19. The Hall–Kier alpha value is -1.17. The molecule has 0 aromatic carbocycles. The molecule has 1 saturated heterocycles. The van der Waals surface area contributed by atoms with Gasteiger partial charge in [-0.1, -0.05) is 0 Å². The smallest absolute Gasteiger partial charge is 0.166 e. The molecular weight excluding hydrogens is 240 g/mol. The lowest BCUT2D eigenvalue weighted by atomic mass is 10.00. The molecule has 0 N–H and O–H groups in total. The molecule has 1 aromatic heterocycles. The van der Waals surface area contributed by atoms with Crippen LogP contribution in [-0.4, -0.2) is 35.5 Å². The van der Waals surface area contributed by atoms with Crippen molar-refractivity contribution in [3.05, 3.63) is 18.0 Å². The van der Waals surface area contributed by atoms with E-state index in [4.69, 9.17) is 0 Å². The Morgan fingerprint density at radius 3 is 2.88 bits per heavy atom. The number of ketones is 1. The molecule has 2 heterocycles. The second-order valence-corrected chi connectivity index (χ2v) is 6.71. The number of rotatable bonds is 4. The van der Waals surface area contributed by atoms with E-state index in [1.807, 2.05) is 6.92 Å². The van der Waals surface area contributed by atoms with Crippen molar-refractivity contribution in [2.24, 2.45) is 5.92 Å². The first-order chi connectivity index (χ1) is 8.00. The molecule has 1 aromatic rings. The van der Waals surface area contributed by atoms with Crippen LogP contribution in [0.15, 0.2) is 12.4 Å². The summed E-state index contributed by atoms with van der Waals surface area (Å²) in [4.78, 5) is 11.9. The molecule has 94 valence electrons. The van der Waals surface area contributed by atoms with Crippen LogP contribution in [-0.2, 0) is 16.4 Å². The summed E-state index contributed by atoms with van der Waals surface area (Å²) in [6.45, 7) is 2.68. The van der Waals surface area contributed by atoms with Gasteiger partial charge in [-0.05, 0) is 19.3 Å². The van der Waals surface area contributed by atoms with Crippen LogP contribution >= 0.6 is 0 Å². The third-order valence-corrected chi connectivity index (χ3v) is 4.92. The predicted molar refractivity (Wildman–Crippen MR) is 63.6 cm³/mol. The summed E-state index contributed by atoms with van der Waals surface area (Å²) < 4.78 is 24.3. The van der Waals surface area contributed by atoms with E-state index in [-0.39, 0.29) is 23.2 Å². The van der Waals surface area contributed by atoms with Gasteiger partial charge in [-0.15, -0.1) is 0 Å². The molecule has 6 heteroatoms. The fourth-order valence-corrected chi connectivity index (χ4v) is 3.96. The van der Waals surface area contributed by atoms with Crippen molar-refractivity contribution < 1.29 is 13.2 Å². The number of aromatic nitrogens is 2. The largest absolute Gasteiger partial charge is 0.294 e. The Morgan fingerprint density at radius 2 is 2.35 bits per heavy atom. The molecule has 0 radical (unpaired) electrons. The zero-order chi connectivity index (χ0) is 12.5. The number of hydrogen-bond acceptors (Lipinski definition) is 4. The maximum Gasteiger partial charge on any atom is 0.166 e. The van der Waals surface area contributed by atoms with E-state index >= 15 is 0 Å². The van der Waals surface area contributed by atoms with Gasteiger partial charge < -0.3 is 0 Å². The van der Waals surface area contributed by atoms with Gasteiger partial charge >= 0.3 is 0 Å². The second kappa shape index (κ2) is 4.60. The van der Waals surface area contributed by atoms with Crippen LogP contribution in [0, 0.1) is 5.92 Å². The van der Waals surface area contributed by atoms with Crippen molar-refractivity contribution in [1.29, 1.82) is 0 Å². The normalized spacial score (nSPS) is 22.8. The van der Waals surface area contributed by atoms with E-state index in [0.717, 1.165) is 6.54 Å². The molecule has 1 aliphatic rings. The number of carbonyl (C=O) groups excluding carboxylic acids is 1. The molecule has 0 bridgehead atoms. The second-order valence-electron chi connectivity index (χ2n) is 4.48. The number of hydrogen-bond donors (Lipinski definition) is 0. The molecule has 1 unspecified atom stereocenters. The number of sulfone groups is 1. The Balaban J connectivity index is 1.98. The van der Waals surface area contributed by atoms with Crippen molar-refractivity contribution in [2.45, 2.75) is 26.3 Å². The monoisotopic (exact) mass is 256 g/mol. The maximum atomic E-state index is 11.9. The molecule has 5 nitrogen and oxygen atoms in total. The van der Waals surface area contributed by atoms with Crippen LogP contribution in [0.2, 0.25) is 0 Å². The highest BCUT2D eigenvalue weighted by Crippen LogP contribution is 2.23. The molecule has 0 spiro atoms. The van der Waals surface area contributed by atoms with Gasteiger partial charge in [0.25, 0.3) is 0 Å². The van der Waals surface area contributed by atoms with Crippen molar-refractivity contribution in [3.63, 3.8) is 0 Å². The number of nitrogens with zero attached hydrogens (tertiary/aromatic N) is 2. The molecular formula is C11H16N2O3S. The molecule has 0 aliphatic carbocycles. The van der Waals surface area contributed by atoms with E-state index in [2.05, 4.69) is 5.10 Å². The average Bonchev–Trinajstić information content (AvgIpc) is 2.85. The molecule has 1 aliphatic heterocycles. The Bertz CT molecular complexity index is 519. The summed E-state index contributed by atoms with van der Waals surface area (Å²) in [5.74, 6) is 0.351. The van der Waals surface area contributed by atoms with Crippen LogP contribution in [0.25, 0.3) is 0 Å². The lowest BCUT2D eigenvalue weighted by molar-refractivity contribution is 0.0965. The minimum absolute atomic E-state index is 0.00759. The third kappa shape index (κ3) is 2.94. The fraction of sp³-hybridized carbons (Fsp3) is 0.636. The van der Waals surface area contributed by atoms with Gasteiger partial charge in [-0.25, -0.2) is 8.42 Å². The number of Topliss-reactive ketones (excluding diaryl/α,β-unsaturated/α-hetero) is 1. The summed E-state index contributed by atoms with van der Waals surface area (Å²) >= 11 is 0. The topological polar surface area (TPSA) is 69.0 Å². The standard InChI is InChI=1S/C11H16N2O3S/c1-2-13-7-10(6-12-13)11(14)5-9-3-4-17(15,16)8-9/h6-7,9H,2-5,8H2,1H3. The molecule has 0 saturated carbocycles. The molecule has 17 heavy (non-hydrogen) atoms. The van der Waals surface area contributed by atoms with Crippen LogP contribution in [0.1, 0.15) is 30.1 Å². The minimum atomic E-state index is -2.90. The van der Waals surface area contributed by atoms with Gasteiger partial charge in [0.1, 0.15) is 0 Å². The zero-order valence-corrected chi connectivity index (χ0v) is 10.6. The highest BCUT2D eigenvalue weighted by atomic mass is 32.2. The van der Waals surface area contributed by atoms with Gasteiger partial charge in [0.2, 0.25) is 0 Å². The fourth-order valence-electron chi connectivity index (χ4n) is 2.09. The Labute approximate surface area is 101 Å². The van der Waals surface area contributed by atoms with Crippen LogP contribution in [0.3, 0.4) is 0 Å². The summed E-state index contributed by atoms with van der Waals surface area (Å²) in [5.41, 5.74) is 0.580. The first-order valence-corrected chi connectivity index (χ1v) is 7.58. The van der Waals surface area contributed by atoms with Gasteiger partial charge in [-0.2, -0.15) is 5.10 Å². The van der Waals surface area contributed by atoms with Gasteiger partial charge in [-0.3, -0.25) is 9.48 Å². The predicted octanol–water partition coefficient (Wildman–Crippen LogP) is 0.911. The van der Waals surface area contributed by atoms with Crippen LogP contribution < -0.4 is 0 Å². The van der Waals surface area contributed by atoms with E-state index in [0.29, 0.717) is 18.4 Å². The SMILES string of the molecule is CCn1cc(C(=O)CC2CCS(=O)(=O)C2)cn1. The van der Waals surface area contributed by atoms with Crippen LogP contribution in [0.4, 0.5) is 0 Å². The van der Waals surface area contributed by atoms with Crippen molar-refractivity contribution in [3.8, 4) is 0 Å². The van der Waals surface area contributed by atoms with E-state index < -0.39 is 9.84 Å². The average molecular weight is 256 g/mol. The first-order valence-electron chi connectivity index (χ1n) is 5.76. The van der Waals surface area contributed by atoms with Crippen molar-refractivity contribution in [1.82, 2.24) is 9.78 Å². The molecule has 0 amide bonds. The third-order valence-electron chi connectivity index (χ3n) is 3.08.